The predicted molar refractivity (Wildman–Crippen MR) is 74.3 cm³/mol. The van der Waals surface area contributed by atoms with Crippen LogP contribution in [0.4, 0.5) is 5.69 Å². The van der Waals surface area contributed by atoms with Crippen molar-refractivity contribution >= 4 is 5.69 Å². The average molecular weight is 261 g/mol. The Hall–Kier alpha value is -2.04. The molecule has 5 nitrogen and oxygen atoms in total. The summed E-state index contributed by atoms with van der Waals surface area (Å²) in [5.41, 5.74) is 2.91. The maximum absolute atomic E-state index is 11.6. The standard InChI is InChI=1S/C14H19N3O2/c1-4-7-17-9-12(5-6-14(17)18)15-8-13-10(2)16-19-11(13)3/h5-6,9,15H,4,7-8H2,1-3H3. The van der Waals surface area contributed by atoms with E-state index in [1.807, 2.05) is 20.0 Å². The van der Waals surface area contributed by atoms with Gasteiger partial charge in [0.25, 0.3) is 5.56 Å². The van der Waals surface area contributed by atoms with Gasteiger partial charge in [-0.1, -0.05) is 12.1 Å². The van der Waals surface area contributed by atoms with Crippen molar-refractivity contribution in [2.45, 2.75) is 40.3 Å². The van der Waals surface area contributed by atoms with Crippen molar-refractivity contribution in [1.82, 2.24) is 9.72 Å². The summed E-state index contributed by atoms with van der Waals surface area (Å²) in [6.07, 6.45) is 2.79. The van der Waals surface area contributed by atoms with Gasteiger partial charge in [-0.25, -0.2) is 0 Å². The number of pyridine rings is 1. The van der Waals surface area contributed by atoms with Crippen LogP contribution in [0.25, 0.3) is 0 Å². The van der Waals surface area contributed by atoms with Gasteiger partial charge in [0.2, 0.25) is 0 Å². The fraction of sp³-hybridized carbons (Fsp3) is 0.429. The van der Waals surface area contributed by atoms with E-state index in [1.54, 1.807) is 16.7 Å². The first-order chi connectivity index (χ1) is 9.11. The lowest BCUT2D eigenvalue weighted by Gasteiger charge is -2.09. The van der Waals surface area contributed by atoms with Crippen LogP contribution in [0.1, 0.15) is 30.4 Å². The summed E-state index contributed by atoms with van der Waals surface area (Å²) >= 11 is 0. The summed E-state index contributed by atoms with van der Waals surface area (Å²) in [6, 6.07) is 3.39. The minimum Gasteiger partial charge on any atom is -0.380 e. The largest absolute Gasteiger partial charge is 0.380 e. The van der Waals surface area contributed by atoms with Gasteiger partial charge in [0.05, 0.1) is 11.4 Å². The molecule has 5 heteroatoms. The molecule has 0 spiro atoms. The van der Waals surface area contributed by atoms with Crippen LogP contribution in [0.3, 0.4) is 0 Å². The molecule has 0 unspecified atom stereocenters. The zero-order valence-corrected chi connectivity index (χ0v) is 11.6. The normalized spacial score (nSPS) is 10.7. The minimum atomic E-state index is 0.0322. The first kappa shape index (κ1) is 13.4. The molecule has 19 heavy (non-hydrogen) atoms. The maximum Gasteiger partial charge on any atom is 0.250 e. The van der Waals surface area contributed by atoms with Gasteiger partial charge in [0.15, 0.2) is 0 Å². The Morgan fingerprint density at radius 1 is 1.37 bits per heavy atom. The topological polar surface area (TPSA) is 60.1 Å². The number of hydrogen-bond donors (Lipinski definition) is 1. The summed E-state index contributed by atoms with van der Waals surface area (Å²) in [7, 11) is 0. The summed E-state index contributed by atoms with van der Waals surface area (Å²) in [5.74, 6) is 0.826. The third kappa shape index (κ3) is 3.05. The Morgan fingerprint density at radius 2 is 2.16 bits per heavy atom. The Morgan fingerprint density at radius 3 is 2.79 bits per heavy atom. The van der Waals surface area contributed by atoms with E-state index in [1.165, 1.54) is 0 Å². The Bertz CT molecular complexity index is 594. The zero-order chi connectivity index (χ0) is 13.8. The smallest absolute Gasteiger partial charge is 0.250 e. The van der Waals surface area contributed by atoms with Crippen LogP contribution in [0.2, 0.25) is 0 Å². The number of nitrogens with one attached hydrogen (secondary N) is 1. The Kier molecular flexibility index (Phi) is 4.04. The number of nitrogens with zero attached hydrogens (tertiary/aromatic N) is 2. The van der Waals surface area contributed by atoms with Crippen LogP contribution in [0, 0.1) is 13.8 Å². The Labute approximate surface area is 112 Å². The molecule has 0 aliphatic rings. The van der Waals surface area contributed by atoms with Crippen LogP contribution < -0.4 is 10.9 Å². The van der Waals surface area contributed by atoms with Crippen LogP contribution >= 0.6 is 0 Å². The fourth-order valence-corrected chi connectivity index (χ4v) is 2.00. The van der Waals surface area contributed by atoms with E-state index in [-0.39, 0.29) is 5.56 Å². The van der Waals surface area contributed by atoms with Crippen molar-refractivity contribution in [3.05, 3.63) is 45.7 Å². The molecule has 0 atom stereocenters. The molecule has 2 aromatic rings. The molecule has 1 N–H and O–H groups in total. The molecule has 0 amide bonds. The van der Waals surface area contributed by atoms with Gasteiger partial charge in [0, 0.05) is 30.9 Å². The van der Waals surface area contributed by atoms with Gasteiger partial charge in [-0.05, 0) is 26.3 Å². The SMILES string of the molecule is CCCn1cc(NCc2c(C)noc2C)ccc1=O. The van der Waals surface area contributed by atoms with Crippen LogP contribution in [0.15, 0.2) is 27.6 Å². The first-order valence-corrected chi connectivity index (χ1v) is 6.48. The van der Waals surface area contributed by atoms with Crippen LogP contribution in [-0.4, -0.2) is 9.72 Å². The molecule has 0 aromatic carbocycles. The third-order valence-corrected chi connectivity index (χ3v) is 3.10. The van der Waals surface area contributed by atoms with E-state index in [4.69, 9.17) is 4.52 Å². The lowest BCUT2D eigenvalue weighted by atomic mass is 10.2. The maximum atomic E-state index is 11.6. The molecule has 2 aromatic heterocycles. The van der Waals surface area contributed by atoms with Crippen LogP contribution in [-0.2, 0) is 13.1 Å². The number of aromatic nitrogens is 2. The molecule has 0 saturated carbocycles. The van der Waals surface area contributed by atoms with Gasteiger partial charge in [-0.15, -0.1) is 0 Å². The van der Waals surface area contributed by atoms with E-state index >= 15 is 0 Å². The fourth-order valence-electron chi connectivity index (χ4n) is 2.00. The van der Waals surface area contributed by atoms with Crippen molar-refractivity contribution in [2.75, 3.05) is 5.32 Å². The van der Waals surface area contributed by atoms with Gasteiger partial charge in [-0.2, -0.15) is 0 Å². The molecule has 0 bridgehead atoms. The zero-order valence-electron chi connectivity index (χ0n) is 11.6. The van der Waals surface area contributed by atoms with E-state index in [2.05, 4.69) is 17.4 Å². The molecule has 102 valence electrons. The van der Waals surface area contributed by atoms with Crippen molar-refractivity contribution in [3.63, 3.8) is 0 Å². The summed E-state index contributed by atoms with van der Waals surface area (Å²) in [6.45, 7) is 7.25. The van der Waals surface area contributed by atoms with Crippen molar-refractivity contribution in [1.29, 1.82) is 0 Å². The monoisotopic (exact) mass is 261 g/mol. The van der Waals surface area contributed by atoms with Crippen molar-refractivity contribution in [3.8, 4) is 0 Å². The number of aryl methyl sites for hydroxylation is 3. The molecular weight excluding hydrogens is 242 g/mol. The van der Waals surface area contributed by atoms with Gasteiger partial charge in [0.1, 0.15) is 5.76 Å². The first-order valence-electron chi connectivity index (χ1n) is 6.48. The molecule has 0 aliphatic heterocycles. The summed E-state index contributed by atoms with van der Waals surface area (Å²) < 4.78 is 6.84. The molecule has 0 aliphatic carbocycles. The number of rotatable bonds is 5. The third-order valence-electron chi connectivity index (χ3n) is 3.10. The molecule has 2 heterocycles. The summed E-state index contributed by atoms with van der Waals surface area (Å²) in [4.78, 5) is 11.6. The molecular formula is C14H19N3O2. The highest BCUT2D eigenvalue weighted by Gasteiger charge is 2.08. The molecule has 0 fully saturated rings. The minimum absolute atomic E-state index is 0.0322. The van der Waals surface area contributed by atoms with E-state index in [0.717, 1.165) is 35.7 Å². The highest BCUT2D eigenvalue weighted by atomic mass is 16.5. The van der Waals surface area contributed by atoms with E-state index < -0.39 is 0 Å². The predicted octanol–water partition coefficient (Wildman–Crippen LogP) is 2.48. The van der Waals surface area contributed by atoms with Crippen molar-refractivity contribution < 1.29 is 4.52 Å². The molecule has 2 rings (SSSR count). The van der Waals surface area contributed by atoms with E-state index in [0.29, 0.717) is 6.54 Å². The lowest BCUT2D eigenvalue weighted by molar-refractivity contribution is 0.392. The van der Waals surface area contributed by atoms with Crippen LogP contribution in [0.5, 0.6) is 0 Å². The van der Waals surface area contributed by atoms with Gasteiger partial charge >= 0.3 is 0 Å². The summed E-state index contributed by atoms with van der Waals surface area (Å²) in [5, 5.41) is 7.21. The van der Waals surface area contributed by atoms with Gasteiger partial charge < -0.3 is 14.4 Å². The number of hydrogen-bond acceptors (Lipinski definition) is 4. The van der Waals surface area contributed by atoms with E-state index in [9.17, 15) is 4.79 Å². The average Bonchev–Trinajstić information content (AvgIpc) is 2.70. The molecule has 0 saturated heterocycles. The van der Waals surface area contributed by atoms with Crippen molar-refractivity contribution in [2.24, 2.45) is 0 Å². The second-order valence-electron chi connectivity index (χ2n) is 4.61. The molecule has 0 radical (unpaired) electrons. The second kappa shape index (κ2) is 5.73. The highest BCUT2D eigenvalue weighted by Crippen LogP contribution is 2.14. The highest BCUT2D eigenvalue weighted by molar-refractivity contribution is 5.41. The van der Waals surface area contributed by atoms with Gasteiger partial charge in [-0.3, -0.25) is 4.79 Å². The lowest BCUT2D eigenvalue weighted by Crippen LogP contribution is -2.18. The Balaban J connectivity index is 2.12. The second-order valence-corrected chi connectivity index (χ2v) is 4.61. The number of anilines is 1. The quantitative estimate of drug-likeness (QED) is 0.898.